The number of aliphatic hydroxyl groups is 1. The second kappa shape index (κ2) is 2.74. The van der Waals surface area contributed by atoms with E-state index in [2.05, 4.69) is 20.8 Å². The predicted octanol–water partition coefficient (Wildman–Crippen LogP) is 2.09. The van der Waals surface area contributed by atoms with Crippen LogP contribution in [0.15, 0.2) is 0 Å². The largest absolute Gasteiger partial charge is 0.375 e. The second-order valence-corrected chi connectivity index (χ2v) is 5.00. The van der Waals surface area contributed by atoms with Crippen molar-refractivity contribution in [1.29, 1.82) is 5.26 Å². The van der Waals surface area contributed by atoms with Crippen molar-refractivity contribution < 1.29 is 5.11 Å². The third-order valence-electron chi connectivity index (χ3n) is 2.57. The van der Waals surface area contributed by atoms with E-state index in [-0.39, 0.29) is 5.41 Å². The van der Waals surface area contributed by atoms with E-state index >= 15 is 0 Å². The van der Waals surface area contributed by atoms with Gasteiger partial charge in [0.15, 0.2) is 5.60 Å². The van der Waals surface area contributed by atoms with Crippen LogP contribution in [0, 0.1) is 22.7 Å². The number of nitrogens with zero attached hydrogens (tertiary/aromatic N) is 1. The van der Waals surface area contributed by atoms with Crippen LogP contribution >= 0.6 is 0 Å². The minimum atomic E-state index is -1.07. The van der Waals surface area contributed by atoms with Crippen LogP contribution in [0.4, 0.5) is 0 Å². The van der Waals surface area contributed by atoms with Gasteiger partial charge in [-0.2, -0.15) is 5.26 Å². The Bertz CT molecular complexity index is 216. The molecule has 2 atom stereocenters. The Morgan fingerprint density at radius 3 is 2.42 bits per heavy atom. The molecule has 1 aliphatic carbocycles. The van der Waals surface area contributed by atoms with Crippen LogP contribution in [0.1, 0.15) is 40.0 Å². The summed E-state index contributed by atoms with van der Waals surface area (Å²) in [5.41, 5.74) is -0.955. The Balaban J connectivity index is 2.78. The first-order valence-corrected chi connectivity index (χ1v) is 4.51. The Labute approximate surface area is 74.2 Å². The van der Waals surface area contributed by atoms with Crippen molar-refractivity contribution in [2.45, 2.75) is 45.6 Å². The van der Waals surface area contributed by atoms with Crippen LogP contribution in [0.5, 0.6) is 0 Å². The lowest BCUT2D eigenvalue weighted by Gasteiger charge is -2.40. The van der Waals surface area contributed by atoms with Crippen molar-refractivity contribution >= 4 is 0 Å². The average Bonchev–Trinajstić information content (AvgIpc) is 1.82. The third kappa shape index (κ3) is 1.98. The number of rotatable bonds is 0. The van der Waals surface area contributed by atoms with Gasteiger partial charge in [-0.15, -0.1) is 0 Å². The maximum Gasteiger partial charge on any atom is 0.151 e. The molecule has 0 saturated heterocycles. The number of nitriles is 1. The van der Waals surface area contributed by atoms with Crippen LogP contribution in [-0.2, 0) is 0 Å². The highest BCUT2D eigenvalue weighted by Crippen LogP contribution is 2.43. The summed E-state index contributed by atoms with van der Waals surface area (Å²) >= 11 is 0. The molecule has 0 aromatic rings. The zero-order valence-electron chi connectivity index (χ0n) is 8.09. The fourth-order valence-electron chi connectivity index (χ4n) is 2.61. The van der Waals surface area contributed by atoms with Crippen LogP contribution in [0.3, 0.4) is 0 Å². The highest BCUT2D eigenvalue weighted by molar-refractivity contribution is 5.06. The summed E-state index contributed by atoms with van der Waals surface area (Å²) < 4.78 is 0. The Hall–Kier alpha value is -0.550. The summed E-state index contributed by atoms with van der Waals surface area (Å²) in [5, 5.41) is 18.6. The lowest BCUT2D eigenvalue weighted by Crippen LogP contribution is -2.40. The summed E-state index contributed by atoms with van der Waals surface area (Å²) in [6.07, 6.45) is 2.35. The minimum absolute atomic E-state index is 0.113. The highest BCUT2D eigenvalue weighted by Gasteiger charge is 2.41. The molecule has 12 heavy (non-hydrogen) atoms. The fraction of sp³-hybridized carbons (Fsp3) is 0.900. The lowest BCUT2D eigenvalue weighted by atomic mass is 9.66. The summed E-state index contributed by atoms with van der Waals surface area (Å²) in [6.45, 7) is 6.33. The Kier molecular flexibility index (Phi) is 2.18. The van der Waals surface area contributed by atoms with Crippen LogP contribution in [0.25, 0.3) is 0 Å². The van der Waals surface area contributed by atoms with Crippen LogP contribution < -0.4 is 0 Å². The predicted molar refractivity (Wildman–Crippen MR) is 47.4 cm³/mol. The number of hydrogen-bond donors (Lipinski definition) is 1. The molecule has 0 aromatic carbocycles. The summed E-state index contributed by atoms with van der Waals surface area (Å²) in [5.74, 6) is 0.457. The van der Waals surface area contributed by atoms with E-state index in [1.807, 2.05) is 6.07 Å². The van der Waals surface area contributed by atoms with E-state index in [0.29, 0.717) is 18.8 Å². The molecular weight excluding hydrogens is 150 g/mol. The van der Waals surface area contributed by atoms with Gasteiger partial charge < -0.3 is 5.11 Å². The molecule has 2 unspecified atom stereocenters. The molecule has 2 heteroatoms. The van der Waals surface area contributed by atoms with Gasteiger partial charge >= 0.3 is 0 Å². The molecule has 0 amide bonds. The monoisotopic (exact) mass is 167 g/mol. The molecule has 0 spiro atoms. The minimum Gasteiger partial charge on any atom is -0.375 e. The van der Waals surface area contributed by atoms with Gasteiger partial charge in [0.05, 0.1) is 6.07 Å². The summed E-state index contributed by atoms with van der Waals surface area (Å²) in [7, 11) is 0. The lowest BCUT2D eigenvalue weighted by molar-refractivity contribution is -0.0150. The maximum atomic E-state index is 9.82. The van der Waals surface area contributed by atoms with Crippen molar-refractivity contribution in [2.75, 3.05) is 0 Å². The molecule has 1 saturated carbocycles. The molecule has 1 aliphatic rings. The van der Waals surface area contributed by atoms with Crippen molar-refractivity contribution in [3.05, 3.63) is 0 Å². The molecule has 0 aromatic heterocycles. The Morgan fingerprint density at radius 2 is 2.00 bits per heavy atom. The van der Waals surface area contributed by atoms with Gasteiger partial charge in [0.25, 0.3) is 0 Å². The first kappa shape index (κ1) is 9.54. The van der Waals surface area contributed by atoms with E-state index in [1.54, 1.807) is 0 Å². The van der Waals surface area contributed by atoms with Gasteiger partial charge in [-0.05, 0) is 30.6 Å². The van der Waals surface area contributed by atoms with E-state index in [1.165, 1.54) is 0 Å². The van der Waals surface area contributed by atoms with E-state index in [9.17, 15) is 5.11 Å². The molecule has 2 nitrogen and oxygen atoms in total. The molecule has 1 N–H and O–H groups in total. The normalized spacial score (nSPS) is 40.4. The molecule has 1 rings (SSSR count). The molecule has 0 heterocycles. The first-order valence-electron chi connectivity index (χ1n) is 4.51. The highest BCUT2D eigenvalue weighted by atomic mass is 16.3. The van der Waals surface area contributed by atoms with Gasteiger partial charge in [-0.1, -0.05) is 20.8 Å². The van der Waals surface area contributed by atoms with Crippen molar-refractivity contribution in [1.82, 2.24) is 0 Å². The molecule has 0 radical (unpaired) electrons. The zero-order valence-corrected chi connectivity index (χ0v) is 8.09. The van der Waals surface area contributed by atoms with Gasteiger partial charge in [-0.3, -0.25) is 0 Å². The fourth-order valence-corrected chi connectivity index (χ4v) is 2.61. The SMILES string of the molecule is CC1CC(C)(C)CC(O)(C#N)C1. The third-order valence-corrected chi connectivity index (χ3v) is 2.57. The van der Waals surface area contributed by atoms with Gasteiger partial charge in [0.2, 0.25) is 0 Å². The molecule has 0 bridgehead atoms. The summed E-state index contributed by atoms with van der Waals surface area (Å²) in [6, 6.07) is 2.02. The average molecular weight is 167 g/mol. The van der Waals surface area contributed by atoms with Crippen LogP contribution in [-0.4, -0.2) is 10.7 Å². The Morgan fingerprint density at radius 1 is 1.42 bits per heavy atom. The zero-order chi connectivity index (χ0) is 9.41. The molecule has 1 fully saturated rings. The standard InChI is InChI=1S/C10H17NO/c1-8-4-9(2,3)6-10(12,5-8)7-11/h8,12H,4-6H2,1-3H3. The van der Waals surface area contributed by atoms with E-state index < -0.39 is 5.60 Å². The molecule has 68 valence electrons. The topological polar surface area (TPSA) is 44.0 Å². The van der Waals surface area contributed by atoms with Crippen molar-refractivity contribution in [3.63, 3.8) is 0 Å². The molecular formula is C10H17NO. The second-order valence-electron chi connectivity index (χ2n) is 5.00. The quantitative estimate of drug-likeness (QED) is 0.561. The smallest absolute Gasteiger partial charge is 0.151 e. The van der Waals surface area contributed by atoms with E-state index in [0.717, 1.165) is 6.42 Å². The van der Waals surface area contributed by atoms with Crippen LogP contribution in [0.2, 0.25) is 0 Å². The van der Waals surface area contributed by atoms with E-state index in [4.69, 9.17) is 5.26 Å². The van der Waals surface area contributed by atoms with Gasteiger partial charge in [0, 0.05) is 0 Å². The summed E-state index contributed by atoms with van der Waals surface area (Å²) in [4.78, 5) is 0. The van der Waals surface area contributed by atoms with Gasteiger partial charge in [-0.25, -0.2) is 0 Å². The first-order chi connectivity index (χ1) is 5.37. The maximum absolute atomic E-state index is 9.82. The van der Waals surface area contributed by atoms with Crippen molar-refractivity contribution in [2.24, 2.45) is 11.3 Å². The molecule has 0 aliphatic heterocycles. The van der Waals surface area contributed by atoms with Gasteiger partial charge in [0.1, 0.15) is 0 Å². The van der Waals surface area contributed by atoms with Crippen molar-refractivity contribution in [3.8, 4) is 6.07 Å². The number of hydrogen-bond acceptors (Lipinski definition) is 2.